The lowest BCUT2D eigenvalue weighted by Crippen LogP contribution is -2.44. The fraction of sp³-hybridized carbons (Fsp3) is 0.467. The van der Waals surface area contributed by atoms with Gasteiger partial charge < -0.3 is 19.5 Å². The van der Waals surface area contributed by atoms with Crippen LogP contribution in [-0.4, -0.2) is 36.7 Å². The molecule has 6 heteroatoms. The number of fused-ring (bicyclic) bond motifs is 1. The standard InChI is InChI=1S/C15H19NO5/c1-15(2,3)16-13(17)9-20-14(18)12-8-19-10-6-4-5-7-11(10)21-12/h4-7,12H,8-9H2,1-3H3,(H,16,17)/t12-/m1/s1. The molecule has 21 heavy (non-hydrogen) atoms. The lowest BCUT2D eigenvalue weighted by atomic mass is 10.1. The summed E-state index contributed by atoms with van der Waals surface area (Å²) >= 11 is 0. The van der Waals surface area contributed by atoms with Crippen LogP contribution in [0.3, 0.4) is 0 Å². The van der Waals surface area contributed by atoms with E-state index in [2.05, 4.69) is 5.32 Å². The van der Waals surface area contributed by atoms with Crippen molar-refractivity contribution in [2.75, 3.05) is 13.2 Å². The summed E-state index contributed by atoms with van der Waals surface area (Å²) < 4.78 is 15.9. The van der Waals surface area contributed by atoms with Crippen LogP contribution in [0.2, 0.25) is 0 Å². The summed E-state index contributed by atoms with van der Waals surface area (Å²) in [4.78, 5) is 23.5. The zero-order valence-electron chi connectivity index (χ0n) is 12.3. The number of carbonyl (C=O) groups excluding carboxylic acids is 2. The Morgan fingerprint density at radius 3 is 2.62 bits per heavy atom. The van der Waals surface area contributed by atoms with E-state index >= 15 is 0 Å². The van der Waals surface area contributed by atoms with Crippen molar-refractivity contribution in [3.63, 3.8) is 0 Å². The summed E-state index contributed by atoms with van der Waals surface area (Å²) in [6.45, 7) is 5.28. The van der Waals surface area contributed by atoms with Crippen molar-refractivity contribution < 1.29 is 23.8 Å². The molecule has 2 rings (SSSR count). The molecule has 1 aliphatic rings. The molecule has 0 unspecified atom stereocenters. The Bertz CT molecular complexity index is 535. The van der Waals surface area contributed by atoms with Gasteiger partial charge in [0.05, 0.1) is 0 Å². The van der Waals surface area contributed by atoms with E-state index in [0.717, 1.165) is 0 Å². The summed E-state index contributed by atoms with van der Waals surface area (Å²) in [6.07, 6.45) is -0.859. The number of carbonyl (C=O) groups is 2. The highest BCUT2D eigenvalue weighted by atomic mass is 16.6. The first-order valence-corrected chi connectivity index (χ1v) is 6.71. The minimum atomic E-state index is -0.859. The molecule has 0 spiro atoms. The molecule has 6 nitrogen and oxygen atoms in total. The second-order valence-corrected chi connectivity index (χ2v) is 5.77. The Kier molecular flexibility index (Phi) is 4.35. The number of ether oxygens (including phenoxy) is 3. The third-order valence-electron chi connectivity index (χ3n) is 2.63. The van der Waals surface area contributed by atoms with Crippen molar-refractivity contribution in [2.24, 2.45) is 0 Å². The molecule has 0 aromatic heterocycles. The lowest BCUT2D eigenvalue weighted by Gasteiger charge is -2.25. The molecule has 0 aliphatic carbocycles. The van der Waals surface area contributed by atoms with Crippen molar-refractivity contribution in [3.05, 3.63) is 24.3 Å². The SMILES string of the molecule is CC(C)(C)NC(=O)COC(=O)[C@H]1COc2ccccc2O1. The molecule has 0 radical (unpaired) electrons. The van der Waals surface area contributed by atoms with Gasteiger partial charge in [-0.05, 0) is 32.9 Å². The van der Waals surface area contributed by atoms with Crippen LogP contribution in [-0.2, 0) is 14.3 Å². The van der Waals surface area contributed by atoms with E-state index < -0.39 is 12.1 Å². The third kappa shape index (κ3) is 4.37. The van der Waals surface area contributed by atoms with E-state index in [1.807, 2.05) is 26.8 Å². The summed E-state index contributed by atoms with van der Waals surface area (Å²) in [5.74, 6) is 0.110. The van der Waals surface area contributed by atoms with Gasteiger partial charge in [0, 0.05) is 5.54 Å². The molecular formula is C15H19NO5. The Hall–Kier alpha value is -2.24. The van der Waals surface area contributed by atoms with Crippen LogP contribution < -0.4 is 14.8 Å². The van der Waals surface area contributed by atoms with Crippen LogP contribution >= 0.6 is 0 Å². The van der Waals surface area contributed by atoms with Gasteiger partial charge in [-0.2, -0.15) is 0 Å². The molecule has 1 aliphatic heterocycles. The predicted octanol–water partition coefficient (Wildman–Crippen LogP) is 1.28. The summed E-state index contributed by atoms with van der Waals surface area (Å²) in [6, 6.07) is 7.07. The van der Waals surface area contributed by atoms with Crippen LogP contribution in [0.4, 0.5) is 0 Å². The van der Waals surface area contributed by atoms with Gasteiger partial charge in [0.25, 0.3) is 5.91 Å². The topological polar surface area (TPSA) is 73.9 Å². The number of nitrogens with one attached hydrogen (secondary N) is 1. The highest BCUT2D eigenvalue weighted by Gasteiger charge is 2.29. The summed E-state index contributed by atoms with van der Waals surface area (Å²) in [5.41, 5.74) is -0.368. The molecule has 114 valence electrons. The smallest absolute Gasteiger partial charge is 0.351 e. The van der Waals surface area contributed by atoms with Crippen molar-refractivity contribution >= 4 is 11.9 Å². The van der Waals surface area contributed by atoms with E-state index in [0.29, 0.717) is 11.5 Å². The van der Waals surface area contributed by atoms with Crippen LogP contribution in [0.5, 0.6) is 11.5 Å². The average molecular weight is 293 g/mol. The molecule has 0 fully saturated rings. The van der Waals surface area contributed by atoms with E-state index in [9.17, 15) is 9.59 Å². The molecule has 1 amide bonds. The molecule has 1 atom stereocenters. The molecule has 0 bridgehead atoms. The maximum atomic E-state index is 11.9. The Morgan fingerprint density at radius 1 is 1.29 bits per heavy atom. The summed E-state index contributed by atoms with van der Waals surface area (Å²) in [7, 11) is 0. The van der Waals surface area contributed by atoms with Gasteiger partial charge in [-0.3, -0.25) is 4.79 Å². The highest BCUT2D eigenvalue weighted by molar-refractivity contribution is 5.82. The van der Waals surface area contributed by atoms with Gasteiger partial charge in [-0.15, -0.1) is 0 Å². The lowest BCUT2D eigenvalue weighted by molar-refractivity contribution is -0.158. The van der Waals surface area contributed by atoms with Gasteiger partial charge in [0.15, 0.2) is 18.1 Å². The van der Waals surface area contributed by atoms with Gasteiger partial charge in [-0.1, -0.05) is 12.1 Å². The average Bonchev–Trinajstić information content (AvgIpc) is 2.42. The first-order chi connectivity index (χ1) is 9.85. The van der Waals surface area contributed by atoms with Crippen molar-refractivity contribution in [2.45, 2.75) is 32.4 Å². The fourth-order valence-corrected chi connectivity index (χ4v) is 1.82. The fourth-order valence-electron chi connectivity index (χ4n) is 1.82. The zero-order chi connectivity index (χ0) is 15.5. The quantitative estimate of drug-likeness (QED) is 0.850. The van der Waals surface area contributed by atoms with Crippen LogP contribution in [0.25, 0.3) is 0 Å². The first kappa shape index (κ1) is 15.2. The van der Waals surface area contributed by atoms with E-state index in [1.165, 1.54) is 0 Å². The number of benzene rings is 1. The van der Waals surface area contributed by atoms with Gasteiger partial charge in [0.1, 0.15) is 6.61 Å². The maximum Gasteiger partial charge on any atom is 0.351 e. The number of para-hydroxylation sites is 2. The largest absolute Gasteiger partial charge is 0.485 e. The monoisotopic (exact) mass is 293 g/mol. The van der Waals surface area contributed by atoms with E-state index in [4.69, 9.17) is 14.2 Å². The Balaban J connectivity index is 1.84. The molecule has 1 N–H and O–H groups in total. The van der Waals surface area contributed by atoms with Crippen molar-refractivity contribution in [1.82, 2.24) is 5.32 Å². The molecule has 0 saturated heterocycles. The number of rotatable bonds is 3. The minimum absolute atomic E-state index is 0.0662. The molecule has 1 aromatic rings. The summed E-state index contributed by atoms with van der Waals surface area (Å²) in [5, 5.41) is 2.70. The zero-order valence-corrected chi connectivity index (χ0v) is 12.3. The Morgan fingerprint density at radius 2 is 1.95 bits per heavy atom. The van der Waals surface area contributed by atoms with Crippen LogP contribution in [0.15, 0.2) is 24.3 Å². The second-order valence-electron chi connectivity index (χ2n) is 5.77. The van der Waals surface area contributed by atoms with Gasteiger partial charge in [0.2, 0.25) is 6.10 Å². The minimum Gasteiger partial charge on any atom is -0.485 e. The van der Waals surface area contributed by atoms with E-state index in [1.54, 1.807) is 18.2 Å². The van der Waals surface area contributed by atoms with Gasteiger partial charge >= 0.3 is 5.97 Å². The number of hydrogen-bond donors (Lipinski definition) is 1. The number of hydrogen-bond acceptors (Lipinski definition) is 5. The normalized spacial score (nSPS) is 17.0. The number of amides is 1. The highest BCUT2D eigenvalue weighted by Crippen LogP contribution is 2.31. The van der Waals surface area contributed by atoms with E-state index in [-0.39, 0.29) is 24.7 Å². The molecule has 0 saturated carbocycles. The molecule has 1 aromatic carbocycles. The van der Waals surface area contributed by atoms with Crippen LogP contribution in [0.1, 0.15) is 20.8 Å². The van der Waals surface area contributed by atoms with Crippen LogP contribution in [0, 0.1) is 0 Å². The van der Waals surface area contributed by atoms with Crippen molar-refractivity contribution in [1.29, 1.82) is 0 Å². The molecular weight excluding hydrogens is 274 g/mol. The predicted molar refractivity (Wildman–Crippen MR) is 75.2 cm³/mol. The number of esters is 1. The first-order valence-electron chi connectivity index (χ1n) is 6.71. The maximum absolute atomic E-state index is 11.9. The Labute approximate surface area is 123 Å². The molecule has 1 heterocycles. The van der Waals surface area contributed by atoms with Crippen molar-refractivity contribution in [3.8, 4) is 11.5 Å². The second kappa shape index (κ2) is 6.03. The third-order valence-corrected chi connectivity index (χ3v) is 2.63. The van der Waals surface area contributed by atoms with Gasteiger partial charge in [-0.25, -0.2) is 4.79 Å².